The van der Waals surface area contributed by atoms with Crippen LogP contribution in [-0.2, 0) is 0 Å². The zero-order valence-electron chi connectivity index (χ0n) is 8.16. The van der Waals surface area contributed by atoms with Crippen molar-refractivity contribution in [2.45, 2.75) is 38.6 Å². The fourth-order valence-corrected chi connectivity index (χ4v) is 2.68. The predicted molar refractivity (Wildman–Crippen MR) is 60.0 cm³/mol. The van der Waals surface area contributed by atoms with Gasteiger partial charge in [-0.05, 0) is 18.8 Å². The lowest BCUT2D eigenvalue weighted by atomic mass is 9.87. The lowest BCUT2D eigenvalue weighted by Crippen LogP contribution is -2.26. The molecule has 2 atom stereocenters. The van der Waals surface area contributed by atoms with E-state index >= 15 is 0 Å². The van der Waals surface area contributed by atoms with Crippen molar-refractivity contribution in [2.24, 2.45) is 5.92 Å². The Kier molecular flexibility index (Phi) is 3.23. The average molecular weight is 232 g/mol. The quantitative estimate of drug-likeness (QED) is 0.850. The highest BCUT2D eigenvalue weighted by Crippen LogP contribution is 2.27. The van der Waals surface area contributed by atoms with E-state index in [1.807, 2.05) is 0 Å². The summed E-state index contributed by atoms with van der Waals surface area (Å²) in [6.07, 6.45) is 5.08. The molecule has 1 aromatic heterocycles. The van der Waals surface area contributed by atoms with Gasteiger partial charge in [0.2, 0.25) is 0 Å². The number of hydrogen-bond donors (Lipinski definition) is 1. The molecule has 0 spiro atoms. The van der Waals surface area contributed by atoms with Crippen LogP contribution in [0.25, 0.3) is 0 Å². The minimum Gasteiger partial charge on any atom is -0.364 e. The molecule has 1 fully saturated rings. The van der Waals surface area contributed by atoms with Crippen LogP contribution in [0.1, 0.15) is 32.6 Å². The van der Waals surface area contributed by atoms with Gasteiger partial charge < -0.3 is 5.32 Å². The Morgan fingerprint density at radius 2 is 2.29 bits per heavy atom. The van der Waals surface area contributed by atoms with Gasteiger partial charge in [0.15, 0.2) is 11.0 Å². The molecule has 1 aliphatic rings. The van der Waals surface area contributed by atoms with E-state index in [0.29, 0.717) is 11.2 Å². The van der Waals surface area contributed by atoms with Gasteiger partial charge in [-0.25, -0.2) is 0 Å². The molecule has 5 heteroatoms. The van der Waals surface area contributed by atoms with Crippen molar-refractivity contribution in [2.75, 3.05) is 5.32 Å². The first-order valence-corrected chi connectivity index (χ1v) is 6.11. The summed E-state index contributed by atoms with van der Waals surface area (Å²) in [5.41, 5.74) is 0. The van der Waals surface area contributed by atoms with Crippen molar-refractivity contribution in [3.8, 4) is 0 Å². The maximum Gasteiger partial charge on any atom is 0.186 e. The van der Waals surface area contributed by atoms with Gasteiger partial charge in [0, 0.05) is 6.04 Å². The average Bonchev–Trinajstić information content (AvgIpc) is 2.52. The van der Waals surface area contributed by atoms with Crippen LogP contribution >= 0.6 is 23.3 Å². The van der Waals surface area contributed by atoms with Crippen molar-refractivity contribution in [3.63, 3.8) is 0 Å². The Hall–Kier alpha value is -0.350. The largest absolute Gasteiger partial charge is 0.364 e. The minimum absolute atomic E-state index is 0.508. The molecule has 1 heterocycles. The van der Waals surface area contributed by atoms with Crippen molar-refractivity contribution in [1.29, 1.82) is 0 Å². The third kappa shape index (κ3) is 2.36. The molecule has 0 radical (unpaired) electrons. The van der Waals surface area contributed by atoms with Gasteiger partial charge in [-0.15, -0.1) is 0 Å². The van der Waals surface area contributed by atoms with Gasteiger partial charge in [-0.2, -0.15) is 8.75 Å². The Labute approximate surface area is 93.2 Å². The Balaban J connectivity index is 1.94. The molecule has 0 bridgehead atoms. The second-order valence-corrected chi connectivity index (χ2v) is 4.90. The fourth-order valence-electron chi connectivity index (χ4n) is 2.02. The highest BCUT2D eigenvalue weighted by atomic mass is 35.5. The van der Waals surface area contributed by atoms with E-state index in [1.165, 1.54) is 25.7 Å². The minimum atomic E-state index is 0.508. The Morgan fingerprint density at radius 3 is 2.93 bits per heavy atom. The molecule has 2 rings (SSSR count). The van der Waals surface area contributed by atoms with E-state index in [2.05, 4.69) is 21.0 Å². The number of halogens is 1. The van der Waals surface area contributed by atoms with Crippen molar-refractivity contribution in [1.82, 2.24) is 8.75 Å². The molecule has 78 valence electrons. The van der Waals surface area contributed by atoms with Crippen LogP contribution < -0.4 is 5.32 Å². The maximum absolute atomic E-state index is 5.87. The van der Waals surface area contributed by atoms with Gasteiger partial charge in [0.05, 0.1) is 11.7 Å². The highest BCUT2D eigenvalue weighted by Gasteiger charge is 2.20. The first kappa shape index (κ1) is 10.2. The zero-order valence-corrected chi connectivity index (χ0v) is 9.74. The molecule has 14 heavy (non-hydrogen) atoms. The van der Waals surface area contributed by atoms with Crippen LogP contribution in [0.15, 0.2) is 0 Å². The van der Waals surface area contributed by atoms with Gasteiger partial charge in [0.1, 0.15) is 0 Å². The van der Waals surface area contributed by atoms with Gasteiger partial charge in [0.25, 0.3) is 0 Å². The normalized spacial score (nSPS) is 27.6. The van der Waals surface area contributed by atoms with Crippen LogP contribution in [0.3, 0.4) is 0 Å². The van der Waals surface area contributed by atoms with Crippen LogP contribution in [0.5, 0.6) is 0 Å². The summed E-state index contributed by atoms with van der Waals surface area (Å²) < 4.78 is 8.06. The molecule has 1 aliphatic carbocycles. The molecular formula is C9H14ClN3S. The summed E-state index contributed by atoms with van der Waals surface area (Å²) in [5, 5.41) is 3.87. The molecular weight excluding hydrogens is 218 g/mol. The molecule has 0 saturated heterocycles. The maximum atomic E-state index is 5.87. The van der Waals surface area contributed by atoms with E-state index < -0.39 is 0 Å². The number of anilines is 1. The number of aromatic nitrogens is 2. The number of nitrogens with one attached hydrogen (secondary N) is 1. The second kappa shape index (κ2) is 4.45. The summed E-state index contributed by atoms with van der Waals surface area (Å²) in [6.45, 7) is 2.30. The number of nitrogens with zero attached hydrogens (tertiary/aromatic N) is 2. The first-order chi connectivity index (χ1) is 6.75. The van der Waals surface area contributed by atoms with Crippen molar-refractivity contribution >= 4 is 29.1 Å². The summed E-state index contributed by atoms with van der Waals surface area (Å²) >= 11 is 7.03. The Bertz CT molecular complexity index is 302. The van der Waals surface area contributed by atoms with E-state index in [-0.39, 0.29) is 0 Å². The molecule has 1 saturated carbocycles. The SMILES string of the molecule is CC1CCCC(Nc2nsnc2Cl)C1. The molecule has 0 aromatic carbocycles. The first-order valence-electron chi connectivity index (χ1n) is 5.00. The molecule has 1 N–H and O–H groups in total. The summed E-state index contributed by atoms with van der Waals surface area (Å²) in [6, 6.07) is 0.528. The van der Waals surface area contributed by atoms with E-state index in [9.17, 15) is 0 Å². The lowest BCUT2D eigenvalue weighted by molar-refractivity contribution is 0.358. The van der Waals surface area contributed by atoms with E-state index in [1.54, 1.807) is 0 Å². The fraction of sp³-hybridized carbons (Fsp3) is 0.778. The topological polar surface area (TPSA) is 37.8 Å². The molecule has 2 unspecified atom stereocenters. The van der Waals surface area contributed by atoms with Crippen LogP contribution in [0.2, 0.25) is 5.15 Å². The smallest absolute Gasteiger partial charge is 0.186 e. The second-order valence-electron chi connectivity index (χ2n) is 4.02. The van der Waals surface area contributed by atoms with Gasteiger partial charge >= 0.3 is 0 Å². The third-order valence-corrected chi connectivity index (χ3v) is 3.62. The Morgan fingerprint density at radius 1 is 1.43 bits per heavy atom. The van der Waals surface area contributed by atoms with E-state index in [0.717, 1.165) is 23.5 Å². The van der Waals surface area contributed by atoms with Gasteiger partial charge in [-0.3, -0.25) is 0 Å². The lowest BCUT2D eigenvalue weighted by Gasteiger charge is -2.27. The summed E-state index contributed by atoms with van der Waals surface area (Å²) in [5.74, 6) is 1.57. The summed E-state index contributed by atoms with van der Waals surface area (Å²) in [4.78, 5) is 0. The highest BCUT2D eigenvalue weighted by molar-refractivity contribution is 6.99. The van der Waals surface area contributed by atoms with Crippen molar-refractivity contribution < 1.29 is 0 Å². The number of hydrogen-bond acceptors (Lipinski definition) is 4. The molecule has 3 nitrogen and oxygen atoms in total. The molecule has 0 amide bonds. The zero-order chi connectivity index (χ0) is 9.97. The van der Waals surface area contributed by atoms with Crippen LogP contribution in [0.4, 0.5) is 5.82 Å². The van der Waals surface area contributed by atoms with E-state index in [4.69, 9.17) is 11.6 Å². The van der Waals surface area contributed by atoms with Crippen molar-refractivity contribution in [3.05, 3.63) is 5.15 Å². The molecule has 0 aliphatic heterocycles. The van der Waals surface area contributed by atoms with Crippen LogP contribution in [0, 0.1) is 5.92 Å². The predicted octanol–water partition coefficient (Wildman–Crippen LogP) is 3.18. The van der Waals surface area contributed by atoms with Crippen LogP contribution in [-0.4, -0.2) is 14.8 Å². The standard InChI is InChI=1S/C9H14ClN3S/c1-6-3-2-4-7(5-6)11-9-8(10)12-14-13-9/h6-7H,2-5H2,1H3,(H,11,13). The number of rotatable bonds is 2. The third-order valence-electron chi connectivity index (χ3n) is 2.73. The van der Waals surface area contributed by atoms with Gasteiger partial charge in [-0.1, -0.05) is 31.4 Å². The molecule has 1 aromatic rings. The summed E-state index contributed by atoms with van der Waals surface area (Å²) in [7, 11) is 0. The monoisotopic (exact) mass is 231 g/mol.